The molecule has 1 aromatic carbocycles. The number of nitrogens with one attached hydrogen (secondary N) is 1. The van der Waals surface area contributed by atoms with Crippen LogP contribution in [0.1, 0.15) is 26.7 Å². The molecule has 2 N–H and O–H groups in total. The highest BCUT2D eigenvalue weighted by molar-refractivity contribution is 5.90. The van der Waals surface area contributed by atoms with E-state index in [-0.39, 0.29) is 12.3 Å². The highest BCUT2D eigenvalue weighted by Crippen LogP contribution is 2.10. The summed E-state index contributed by atoms with van der Waals surface area (Å²) >= 11 is 0. The Morgan fingerprint density at radius 2 is 1.94 bits per heavy atom. The van der Waals surface area contributed by atoms with Gasteiger partial charge < -0.3 is 10.4 Å². The number of aliphatic hydroxyl groups is 1. The normalized spacial score (nSPS) is 12.5. The molecule has 0 saturated heterocycles. The van der Waals surface area contributed by atoms with Crippen molar-refractivity contribution in [1.82, 2.24) is 0 Å². The van der Waals surface area contributed by atoms with Crippen molar-refractivity contribution in [2.75, 3.05) is 5.32 Å². The van der Waals surface area contributed by atoms with Gasteiger partial charge in [0.25, 0.3) is 0 Å². The average molecular weight is 221 g/mol. The monoisotopic (exact) mass is 221 g/mol. The summed E-state index contributed by atoms with van der Waals surface area (Å²) in [5, 5.41) is 12.4. The Labute approximate surface area is 96.5 Å². The molecule has 0 unspecified atom stereocenters. The standard InChI is InChI=1S/C13H19NO2/c1-10(2)8-12(15)9-13(16)14-11-6-4-3-5-7-11/h3-7,10,12,15H,8-9H2,1-2H3,(H,14,16)/t12-/m0/s1. The lowest BCUT2D eigenvalue weighted by Gasteiger charge is -2.12. The van der Waals surface area contributed by atoms with E-state index in [1.54, 1.807) is 0 Å². The minimum absolute atomic E-state index is 0.139. The van der Waals surface area contributed by atoms with Gasteiger partial charge in [-0.1, -0.05) is 32.0 Å². The van der Waals surface area contributed by atoms with E-state index in [0.717, 1.165) is 5.69 Å². The highest BCUT2D eigenvalue weighted by atomic mass is 16.3. The topological polar surface area (TPSA) is 49.3 Å². The molecular weight excluding hydrogens is 202 g/mol. The second-order valence-electron chi connectivity index (χ2n) is 4.40. The Morgan fingerprint density at radius 1 is 1.31 bits per heavy atom. The summed E-state index contributed by atoms with van der Waals surface area (Å²) in [6, 6.07) is 9.27. The molecule has 0 heterocycles. The minimum atomic E-state index is -0.552. The Balaban J connectivity index is 2.36. The van der Waals surface area contributed by atoms with Gasteiger partial charge >= 0.3 is 0 Å². The Hall–Kier alpha value is -1.35. The molecule has 0 aliphatic heterocycles. The lowest BCUT2D eigenvalue weighted by atomic mass is 10.0. The van der Waals surface area contributed by atoms with Gasteiger partial charge in [-0.25, -0.2) is 0 Å². The van der Waals surface area contributed by atoms with Crippen LogP contribution in [-0.2, 0) is 4.79 Å². The predicted octanol–water partition coefficient (Wildman–Crippen LogP) is 2.42. The maximum atomic E-state index is 11.5. The number of carbonyl (C=O) groups is 1. The zero-order valence-electron chi connectivity index (χ0n) is 9.81. The first-order chi connectivity index (χ1) is 7.58. The van der Waals surface area contributed by atoms with Gasteiger partial charge in [0.2, 0.25) is 5.91 Å². The molecule has 1 aromatic rings. The van der Waals surface area contributed by atoms with E-state index in [0.29, 0.717) is 12.3 Å². The number of hydrogen-bond donors (Lipinski definition) is 2. The van der Waals surface area contributed by atoms with Gasteiger partial charge in [0.05, 0.1) is 12.5 Å². The lowest BCUT2D eigenvalue weighted by Crippen LogP contribution is -2.21. The van der Waals surface area contributed by atoms with Crippen LogP contribution in [0, 0.1) is 5.92 Å². The van der Waals surface area contributed by atoms with Crippen LogP contribution >= 0.6 is 0 Å². The van der Waals surface area contributed by atoms with Gasteiger partial charge in [-0.2, -0.15) is 0 Å². The van der Waals surface area contributed by atoms with Gasteiger partial charge in [0.1, 0.15) is 0 Å². The molecule has 1 amide bonds. The van der Waals surface area contributed by atoms with Crippen molar-refractivity contribution >= 4 is 11.6 Å². The van der Waals surface area contributed by atoms with E-state index in [9.17, 15) is 9.90 Å². The molecule has 0 aromatic heterocycles. The van der Waals surface area contributed by atoms with Crippen molar-refractivity contribution in [1.29, 1.82) is 0 Å². The fourth-order valence-electron chi connectivity index (χ4n) is 1.57. The highest BCUT2D eigenvalue weighted by Gasteiger charge is 2.12. The quantitative estimate of drug-likeness (QED) is 0.802. The van der Waals surface area contributed by atoms with Crippen LogP contribution in [0.5, 0.6) is 0 Å². The first kappa shape index (κ1) is 12.7. The van der Waals surface area contributed by atoms with Crippen LogP contribution in [0.4, 0.5) is 5.69 Å². The molecule has 0 aliphatic carbocycles. The summed E-state index contributed by atoms with van der Waals surface area (Å²) in [6.07, 6.45) is 0.263. The third-order valence-corrected chi connectivity index (χ3v) is 2.22. The zero-order chi connectivity index (χ0) is 12.0. The Kier molecular flexibility index (Phi) is 4.99. The molecule has 0 bridgehead atoms. The second-order valence-corrected chi connectivity index (χ2v) is 4.40. The van der Waals surface area contributed by atoms with Gasteiger partial charge in [-0.15, -0.1) is 0 Å². The summed E-state index contributed by atoms with van der Waals surface area (Å²) in [5.41, 5.74) is 0.768. The number of para-hydroxylation sites is 1. The summed E-state index contributed by atoms with van der Waals surface area (Å²) in [7, 11) is 0. The molecule has 16 heavy (non-hydrogen) atoms. The number of rotatable bonds is 5. The summed E-state index contributed by atoms with van der Waals surface area (Å²) in [5.74, 6) is 0.263. The SMILES string of the molecule is CC(C)C[C@H](O)CC(=O)Nc1ccccc1. The molecule has 1 atom stereocenters. The Bertz CT molecular complexity index is 322. The van der Waals surface area contributed by atoms with Gasteiger partial charge in [0.15, 0.2) is 0 Å². The molecule has 1 rings (SSSR count). The van der Waals surface area contributed by atoms with E-state index < -0.39 is 6.10 Å². The molecule has 88 valence electrons. The molecule has 0 radical (unpaired) electrons. The first-order valence-electron chi connectivity index (χ1n) is 5.61. The lowest BCUT2D eigenvalue weighted by molar-refractivity contribution is -0.118. The maximum Gasteiger partial charge on any atom is 0.226 e. The van der Waals surface area contributed by atoms with Crippen LogP contribution in [0.25, 0.3) is 0 Å². The molecular formula is C13H19NO2. The summed E-state index contributed by atoms with van der Waals surface area (Å²) in [4.78, 5) is 11.5. The van der Waals surface area contributed by atoms with E-state index in [1.165, 1.54) is 0 Å². The maximum absolute atomic E-state index is 11.5. The molecule has 3 heteroatoms. The zero-order valence-corrected chi connectivity index (χ0v) is 9.81. The molecule has 0 saturated carbocycles. The second kappa shape index (κ2) is 6.28. The number of anilines is 1. The average Bonchev–Trinajstić information content (AvgIpc) is 2.17. The van der Waals surface area contributed by atoms with E-state index >= 15 is 0 Å². The molecule has 0 aliphatic rings. The van der Waals surface area contributed by atoms with Crippen molar-refractivity contribution < 1.29 is 9.90 Å². The largest absolute Gasteiger partial charge is 0.393 e. The van der Waals surface area contributed by atoms with Gasteiger partial charge in [-0.05, 0) is 24.5 Å². The van der Waals surface area contributed by atoms with Gasteiger partial charge in [0, 0.05) is 5.69 Å². The van der Waals surface area contributed by atoms with Crippen LogP contribution < -0.4 is 5.32 Å². The van der Waals surface area contributed by atoms with Crippen LogP contribution in [-0.4, -0.2) is 17.1 Å². The number of hydrogen-bond acceptors (Lipinski definition) is 2. The predicted molar refractivity (Wildman–Crippen MR) is 65.2 cm³/mol. The van der Waals surface area contributed by atoms with E-state index in [4.69, 9.17) is 0 Å². The fourth-order valence-corrected chi connectivity index (χ4v) is 1.57. The number of benzene rings is 1. The number of amides is 1. The van der Waals surface area contributed by atoms with Crippen molar-refractivity contribution in [3.8, 4) is 0 Å². The number of carbonyl (C=O) groups excluding carboxylic acids is 1. The van der Waals surface area contributed by atoms with Crippen molar-refractivity contribution in [2.45, 2.75) is 32.8 Å². The third kappa shape index (κ3) is 4.94. The third-order valence-electron chi connectivity index (χ3n) is 2.22. The Morgan fingerprint density at radius 3 is 2.50 bits per heavy atom. The molecule has 0 spiro atoms. The number of aliphatic hydroxyl groups excluding tert-OH is 1. The fraction of sp³-hybridized carbons (Fsp3) is 0.462. The minimum Gasteiger partial charge on any atom is -0.393 e. The molecule has 3 nitrogen and oxygen atoms in total. The first-order valence-corrected chi connectivity index (χ1v) is 5.61. The summed E-state index contributed by atoms with van der Waals surface area (Å²) in [6.45, 7) is 4.05. The molecule has 0 fully saturated rings. The van der Waals surface area contributed by atoms with Crippen LogP contribution in [0.15, 0.2) is 30.3 Å². The smallest absolute Gasteiger partial charge is 0.226 e. The van der Waals surface area contributed by atoms with Crippen molar-refractivity contribution in [3.05, 3.63) is 30.3 Å². The van der Waals surface area contributed by atoms with Crippen LogP contribution in [0.3, 0.4) is 0 Å². The van der Waals surface area contributed by atoms with Crippen molar-refractivity contribution in [3.63, 3.8) is 0 Å². The summed E-state index contributed by atoms with van der Waals surface area (Å²) < 4.78 is 0. The van der Waals surface area contributed by atoms with E-state index in [1.807, 2.05) is 44.2 Å². The van der Waals surface area contributed by atoms with Gasteiger partial charge in [-0.3, -0.25) is 4.79 Å². The van der Waals surface area contributed by atoms with E-state index in [2.05, 4.69) is 5.32 Å². The van der Waals surface area contributed by atoms with Crippen molar-refractivity contribution in [2.24, 2.45) is 5.92 Å². The van der Waals surface area contributed by atoms with Crippen LogP contribution in [0.2, 0.25) is 0 Å².